The van der Waals surface area contributed by atoms with Gasteiger partial charge in [0.1, 0.15) is 19.3 Å². The van der Waals surface area contributed by atoms with Crippen LogP contribution in [0, 0.1) is 0 Å². The number of hydrogen-bond donors (Lipinski definition) is 2. The second-order valence-electron chi connectivity index (χ2n) is 23.6. The third-order valence-electron chi connectivity index (χ3n) is 14.5. The summed E-state index contributed by atoms with van der Waals surface area (Å²) in [5.74, 6) is -0.570. The molecule has 9 nitrogen and oxygen atoms in total. The van der Waals surface area contributed by atoms with E-state index in [4.69, 9.17) is 13.8 Å². The Labute approximate surface area is 500 Å². The van der Waals surface area contributed by atoms with Gasteiger partial charge in [0.15, 0.2) is 0 Å². The number of unbranched alkanes of at least 4 members (excludes halogenated alkanes) is 30. The molecule has 0 aliphatic rings. The molecule has 0 heterocycles. The van der Waals surface area contributed by atoms with Crippen molar-refractivity contribution < 1.29 is 37.3 Å². The largest absolute Gasteiger partial charge is 0.472 e. The maximum atomic E-state index is 13.6. The van der Waals surface area contributed by atoms with E-state index in [0.717, 1.165) is 83.5 Å². The van der Waals surface area contributed by atoms with Gasteiger partial charge in [-0.05, 0) is 102 Å². The number of phosphoric acid groups is 1. The summed E-state index contributed by atoms with van der Waals surface area (Å²) < 4.78 is 30.7. The van der Waals surface area contributed by atoms with Crippen LogP contribution < -0.4 is 5.32 Å². The minimum Gasteiger partial charge on any atom is -0.456 e. The Bertz CT molecular complexity index is 1710. The molecular weight excluding hydrogens is 1020 g/mol. The van der Waals surface area contributed by atoms with Crippen LogP contribution in [0.4, 0.5) is 0 Å². The molecule has 0 bridgehead atoms. The number of nitrogens with zero attached hydrogens (tertiary/aromatic N) is 1. The molecule has 3 unspecified atom stereocenters. The molecule has 0 saturated carbocycles. The van der Waals surface area contributed by atoms with Gasteiger partial charge in [0.2, 0.25) is 5.91 Å². The lowest BCUT2D eigenvalue weighted by Crippen LogP contribution is -2.47. The first-order valence-electron chi connectivity index (χ1n) is 33.6. The minimum atomic E-state index is -4.47. The van der Waals surface area contributed by atoms with Gasteiger partial charge in [-0.1, -0.05) is 272 Å². The number of allylic oxidation sites excluding steroid dienone is 15. The molecule has 0 radical (unpaired) electrons. The van der Waals surface area contributed by atoms with Crippen molar-refractivity contribution in [1.29, 1.82) is 0 Å². The standard InChI is InChI=1S/C71H127N2O7P/c1-7-10-13-16-19-22-25-28-30-32-33-34-35-36-37-38-39-41-42-45-48-51-54-57-60-63-70(74)72-68(67-79-81(76,77)78-66-65-73(4,5)6)69(62-59-56-53-50-47-44-27-24-21-18-15-12-9-3)80-71(75)64-61-58-55-52-49-46-43-40-31-29-26-23-20-17-14-11-8-2/h11,14,19-20,22-23,28-31,43,46,52,55,59,62,68-69H,7-10,12-13,15-18,21,24-27,32-42,44-45,47-51,53-54,56-58,60-61,63-67H2,1-6H3,(H-,72,74,76,77)/p+1/b14-11-,22-19-,23-20-,30-28-,31-29-,46-43-,55-52-,62-59-. The summed E-state index contributed by atoms with van der Waals surface area (Å²) in [6.07, 6.45) is 81.4. The van der Waals surface area contributed by atoms with E-state index in [1.807, 2.05) is 33.3 Å². The number of quaternary nitrogens is 1. The normalized spacial score (nSPS) is 14.2. The van der Waals surface area contributed by atoms with Crippen molar-refractivity contribution >= 4 is 19.7 Å². The molecule has 10 heteroatoms. The third kappa shape index (κ3) is 61.3. The fourth-order valence-corrected chi connectivity index (χ4v) is 10.1. The second-order valence-corrected chi connectivity index (χ2v) is 25.1. The van der Waals surface area contributed by atoms with Gasteiger partial charge in [0, 0.05) is 12.8 Å². The molecule has 0 fully saturated rings. The molecule has 0 aliphatic heterocycles. The van der Waals surface area contributed by atoms with Crippen LogP contribution in [0.25, 0.3) is 0 Å². The number of likely N-dealkylation sites (N-methyl/N-ethyl adjacent to an activating group) is 1. The first kappa shape index (κ1) is 77.9. The Hall–Kier alpha value is -3.07. The smallest absolute Gasteiger partial charge is 0.456 e. The summed E-state index contributed by atoms with van der Waals surface area (Å²) >= 11 is 0. The Morgan fingerprint density at radius 2 is 0.802 bits per heavy atom. The van der Waals surface area contributed by atoms with Crippen molar-refractivity contribution in [1.82, 2.24) is 5.32 Å². The molecule has 0 aromatic carbocycles. The highest BCUT2D eigenvalue weighted by Gasteiger charge is 2.30. The van der Waals surface area contributed by atoms with E-state index in [2.05, 4.69) is 111 Å². The molecule has 3 atom stereocenters. The zero-order chi connectivity index (χ0) is 59.3. The molecule has 1 amide bonds. The Kier molecular flexibility index (Phi) is 57.8. The molecule has 0 aromatic heterocycles. The average molecular weight is 1150 g/mol. The summed E-state index contributed by atoms with van der Waals surface area (Å²) in [7, 11) is 1.46. The van der Waals surface area contributed by atoms with Crippen LogP contribution >= 0.6 is 7.82 Å². The van der Waals surface area contributed by atoms with Crippen molar-refractivity contribution in [2.75, 3.05) is 40.9 Å². The SMILES string of the molecule is CC/C=C\C/C=C\C/C=C\C/C=C\C/C=C\CCCC(=O)OC(/C=C\CCCCCCCCCCCCC)C(COP(=O)(O)OCC[N+](C)(C)C)NC(=O)CCCCCCCCCCCCCCCCC/C=C\C/C=C\CCCCC. The quantitative estimate of drug-likeness (QED) is 0.0205. The zero-order valence-corrected chi connectivity index (χ0v) is 54.4. The predicted octanol–water partition coefficient (Wildman–Crippen LogP) is 21.1. The summed E-state index contributed by atoms with van der Waals surface area (Å²) in [5, 5.41) is 3.05. The first-order valence-corrected chi connectivity index (χ1v) is 35.1. The number of rotatable bonds is 60. The van der Waals surface area contributed by atoms with E-state index in [0.29, 0.717) is 23.9 Å². The van der Waals surface area contributed by atoms with E-state index >= 15 is 0 Å². The number of nitrogens with one attached hydrogen (secondary N) is 1. The van der Waals surface area contributed by atoms with E-state index in [1.54, 1.807) is 0 Å². The molecular formula is C71H128N2O7P+. The van der Waals surface area contributed by atoms with Crippen LogP contribution in [-0.2, 0) is 27.9 Å². The summed E-state index contributed by atoms with van der Waals surface area (Å²) in [6, 6.07) is -0.876. The number of ether oxygens (including phenoxy) is 1. The molecule has 0 aromatic rings. The van der Waals surface area contributed by atoms with E-state index in [1.165, 1.54) is 167 Å². The van der Waals surface area contributed by atoms with Gasteiger partial charge in [-0.15, -0.1) is 0 Å². The lowest BCUT2D eigenvalue weighted by molar-refractivity contribution is -0.870. The highest BCUT2D eigenvalue weighted by molar-refractivity contribution is 7.47. The molecule has 468 valence electrons. The van der Waals surface area contributed by atoms with E-state index in [-0.39, 0.29) is 31.5 Å². The minimum absolute atomic E-state index is 0.0282. The number of carbonyl (C=O) groups excluding carboxylic acids is 2. The van der Waals surface area contributed by atoms with Crippen LogP contribution in [-0.4, -0.2) is 74.3 Å². The third-order valence-corrected chi connectivity index (χ3v) is 15.5. The fourth-order valence-electron chi connectivity index (χ4n) is 9.36. The van der Waals surface area contributed by atoms with Crippen LogP contribution in [0.3, 0.4) is 0 Å². The summed E-state index contributed by atoms with van der Waals surface area (Å²) in [6.45, 7) is 6.85. The van der Waals surface area contributed by atoms with Crippen molar-refractivity contribution in [2.45, 2.75) is 303 Å². The topological polar surface area (TPSA) is 111 Å². The fraction of sp³-hybridized carbons (Fsp3) is 0.746. The zero-order valence-electron chi connectivity index (χ0n) is 53.5. The second kappa shape index (κ2) is 60.1. The molecule has 81 heavy (non-hydrogen) atoms. The van der Waals surface area contributed by atoms with Crippen LogP contribution in [0.15, 0.2) is 97.2 Å². The molecule has 0 aliphatic carbocycles. The van der Waals surface area contributed by atoms with Crippen molar-refractivity contribution in [2.24, 2.45) is 0 Å². The monoisotopic (exact) mass is 1150 g/mol. The maximum absolute atomic E-state index is 13.6. The maximum Gasteiger partial charge on any atom is 0.472 e. The summed E-state index contributed by atoms with van der Waals surface area (Å²) in [5.41, 5.74) is 0. The number of esters is 1. The molecule has 0 rings (SSSR count). The van der Waals surface area contributed by atoms with Gasteiger partial charge in [0.05, 0.1) is 33.8 Å². The molecule has 0 saturated heterocycles. The van der Waals surface area contributed by atoms with Gasteiger partial charge < -0.3 is 19.4 Å². The molecule has 0 spiro atoms. The van der Waals surface area contributed by atoms with Gasteiger partial charge >= 0.3 is 13.8 Å². The lowest BCUT2D eigenvalue weighted by Gasteiger charge is -2.27. The van der Waals surface area contributed by atoms with Gasteiger partial charge in [-0.3, -0.25) is 18.6 Å². The highest BCUT2D eigenvalue weighted by Crippen LogP contribution is 2.43. The lowest BCUT2D eigenvalue weighted by atomic mass is 10.0. The van der Waals surface area contributed by atoms with Crippen molar-refractivity contribution in [3.8, 4) is 0 Å². The number of carbonyl (C=O) groups is 2. The predicted molar refractivity (Wildman–Crippen MR) is 350 cm³/mol. The Morgan fingerprint density at radius 3 is 1.23 bits per heavy atom. The number of amides is 1. The highest BCUT2D eigenvalue weighted by atomic mass is 31.2. The van der Waals surface area contributed by atoms with Gasteiger partial charge in [0.25, 0.3) is 0 Å². The van der Waals surface area contributed by atoms with Crippen molar-refractivity contribution in [3.63, 3.8) is 0 Å². The number of hydrogen-bond acceptors (Lipinski definition) is 6. The first-order chi connectivity index (χ1) is 39.4. The van der Waals surface area contributed by atoms with Gasteiger partial charge in [-0.25, -0.2) is 4.57 Å². The summed E-state index contributed by atoms with van der Waals surface area (Å²) in [4.78, 5) is 37.8. The Morgan fingerprint density at radius 1 is 0.444 bits per heavy atom. The number of phosphoric ester groups is 1. The van der Waals surface area contributed by atoms with Gasteiger partial charge in [-0.2, -0.15) is 0 Å². The van der Waals surface area contributed by atoms with E-state index < -0.39 is 20.0 Å². The van der Waals surface area contributed by atoms with Crippen LogP contribution in [0.5, 0.6) is 0 Å². The van der Waals surface area contributed by atoms with Crippen LogP contribution in [0.2, 0.25) is 0 Å². The van der Waals surface area contributed by atoms with E-state index in [9.17, 15) is 19.0 Å². The molecule has 2 N–H and O–H groups in total. The average Bonchev–Trinajstić information content (AvgIpc) is 3.44. The Balaban J connectivity index is 5.19. The van der Waals surface area contributed by atoms with Crippen LogP contribution in [0.1, 0.15) is 290 Å². The van der Waals surface area contributed by atoms with Crippen molar-refractivity contribution in [3.05, 3.63) is 97.2 Å².